The monoisotopic (exact) mass is 258 g/mol. The van der Waals surface area contributed by atoms with Crippen molar-refractivity contribution in [2.75, 3.05) is 26.7 Å². The third-order valence-electron chi connectivity index (χ3n) is 3.13. The van der Waals surface area contributed by atoms with E-state index in [2.05, 4.69) is 15.5 Å². The summed E-state index contributed by atoms with van der Waals surface area (Å²) in [4.78, 5) is 13.9. The zero-order valence-electron chi connectivity index (χ0n) is 9.98. The summed E-state index contributed by atoms with van der Waals surface area (Å²) in [5, 5.41) is 9.71. The Kier molecular flexibility index (Phi) is 5.44. The highest BCUT2D eigenvalue weighted by Crippen LogP contribution is 2.17. The summed E-state index contributed by atoms with van der Waals surface area (Å²) in [6.45, 7) is 2.75. The molecule has 0 bridgehead atoms. The molecule has 1 aromatic rings. The molecule has 0 aromatic carbocycles. The van der Waals surface area contributed by atoms with Crippen molar-refractivity contribution in [3.8, 4) is 0 Å². The van der Waals surface area contributed by atoms with Crippen LogP contribution >= 0.6 is 12.4 Å². The number of carbonyl (C=O) groups excluding carboxylic acids is 1. The average Bonchev–Trinajstić information content (AvgIpc) is 2.83. The zero-order valence-corrected chi connectivity index (χ0v) is 10.8. The van der Waals surface area contributed by atoms with Crippen LogP contribution in [0.25, 0.3) is 0 Å². The smallest absolute Gasteiger partial charge is 0.271 e. The molecule has 0 radical (unpaired) electrons. The van der Waals surface area contributed by atoms with Crippen LogP contribution in [0, 0.1) is 5.92 Å². The van der Waals surface area contributed by atoms with Crippen LogP contribution < -0.4 is 5.32 Å². The van der Waals surface area contributed by atoms with Gasteiger partial charge in [-0.1, -0.05) is 0 Å². The van der Waals surface area contributed by atoms with E-state index in [1.165, 1.54) is 0 Å². The number of nitrogens with zero attached hydrogens (tertiary/aromatic N) is 2. The predicted molar refractivity (Wildman–Crippen MR) is 68.4 cm³/mol. The number of halogens is 1. The highest BCUT2D eigenvalue weighted by molar-refractivity contribution is 5.92. The van der Waals surface area contributed by atoms with E-state index in [-0.39, 0.29) is 18.3 Å². The number of aromatic nitrogens is 2. The van der Waals surface area contributed by atoms with E-state index >= 15 is 0 Å². The van der Waals surface area contributed by atoms with E-state index in [1.54, 1.807) is 12.3 Å². The van der Waals surface area contributed by atoms with E-state index in [0.29, 0.717) is 11.6 Å². The quantitative estimate of drug-likeness (QED) is 0.847. The summed E-state index contributed by atoms with van der Waals surface area (Å²) in [5.74, 6) is 0.774. The standard InChI is InChI=1S/C11H18N4O.ClH/c1-12-8-9-3-6-15(7-4-9)11(16)10-2-5-13-14-10;/h2,5,9,12H,3-4,6-8H2,1H3,(H,13,14);1H. The Morgan fingerprint density at radius 1 is 1.59 bits per heavy atom. The maximum atomic E-state index is 12.0. The molecule has 1 aromatic heterocycles. The van der Waals surface area contributed by atoms with Crippen molar-refractivity contribution in [2.45, 2.75) is 12.8 Å². The molecule has 0 spiro atoms. The first-order valence-corrected chi connectivity index (χ1v) is 5.74. The number of hydrogen-bond donors (Lipinski definition) is 2. The summed E-state index contributed by atoms with van der Waals surface area (Å²) < 4.78 is 0. The number of carbonyl (C=O) groups is 1. The predicted octanol–water partition coefficient (Wildman–Crippen LogP) is 0.903. The Labute approximate surface area is 107 Å². The number of amides is 1. The molecule has 1 saturated heterocycles. The molecule has 2 rings (SSSR count). The summed E-state index contributed by atoms with van der Waals surface area (Å²) in [6.07, 6.45) is 3.78. The Balaban J connectivity index is 0.00000144. The summed E-state index contributed by atoms with van der Waals surface area (Å²) in [7, 11) is 1.97. The van der Waals surface area contributed by atoms with E-state index in [0.717, 1.165) is 32.5 Å². The molecule has 2 heterocycles. The van der Waals surface area contributed by atoms with Crippen LogP contribution in [0.3, 0.4) is 0 Å². The number of piperidine rings is 1. The van der Waals surface area contributed by atoms with Crippen LogP contribution in [0.4, 0.5) is 0 Å². The second kappa shape index (κ2) is 6.61. The lowest BCUT2D eigenvalue weighted by molar-refractivity contribution is 0.0685. The van der Waals surface area contributed by atoms with Crippen LogP contribution in [-0.4, -0.2) is 47.7 Å². The Morgan fingerprint density at radius 3 is 2.82 bits per heavy atom. The minimum atomic E-state index is 0. The van der Waals surface area contributed by atoms with Gasteiger partial charge in [0.1, 0.15) is 5.69 Å². The first-order valence-electron chi connectivity index (χ1n) is 5.74. The van der Waals surface area contributed by atoms with Crippen molar-refractivity contribution < 1.29 is 4.79 Å². The van der Waals surface area contributed by atoms with Gasteiger partial charge in [-0.2, -0.15) is 5.10 Å². The van der Waals surface area contributed by atoms with Crippen molar-refractivity contribution in [1.82, 2.24) is 20.4 Å². The fourth-order valence-electron chi connectivity index (χ4n) is 2.17. The van der Waals surface area contributed by atoms with Crippen molar-refractivity contribution in [2.24, 2.45) is 5.92 Å². The molecular weight excluding hydrogens is 240 g/mol. The second-order valence-corrected chi connectivity index (χ2v) is 4.26. The zero-order chi connectivity index (χ0) is 11.4. The molecule has 0 atom stereocenters. The van der Waals surface area contributed by atoms with Crippen LogP contribution in [-0.2, 0) is 0 Å². The largest absolute Gasteiger partial charge is 0.337 e. The lowest BCUT2D eigenvalue weighted by Gasteiger charge is -2.31. The minimum absolute atomic E-state index is 0. The molecule has 96 valence electrons. The van der Waals surface area contributed by atoms with Crippen LogP contribution in [0.2, 0.25) is 0 Å². The fraction of sp³-hybridized carbons (Fsp3) is 0.636. The molecule has 17 heavy (non-hydrogen) atoms. The minimum Gasteiger partial charge on any atom is -0.337 e. The van der Waals surface area contributed by atoms with Crippen LogP contribution in [0.5, 0.6) is 0 Å². The van der Waals surface area contributed by atoms with Gasteiger partial charge in [0.15, 0.2) is 0 Å². The molecule has 2 N–H and O–H groups in total. The molecule has 0 unspecified atom stereocenters. The lowest BCUT2D eigenvalue weighted by Crippen LogP contribution is -2.40. The normalized spacial score (nSPS) is 16.6. The maximum absolute atomic E-state index is 12.0. The molecule has 1 aliphatic heterocycles. The topological polar surface area (TPSA) is 61.0 Å². The van der Waals surface area contributed by atoms with Gasteiger partial charge in [-0.05, 0) is 38.4 Å². The first-order chi connectivity index (χ1) is 7.81. The third-order valence-corrected chi connectivity index (χ3v) is 3.13. The fourth-order valence-corrected chi connectivity index (χ4v) is 2.17. The van der Waals surface area contributed by atoms with Gasteiger partial charge in [0, 0.05) is 19.3 Å². The van der Waals surface area contributed by atoms with Crippen LogP contribution in [0.15, 0.2) is 12.3 Å². The van der Waals surface area contributed by atoms with Crippen molar-refractivity contribution >= 4 is 18.3 Å². The third kappa shape index (κ3) is 3.44. The van der Waals surface area contributed by atoms with Gasteiger partial charge in [0.25, 0.3) is 5.91 Å². The van der Waals surface area contributed by atoms with Gasteiger partial charge in [-0.15, -0.1) is 12.4 Å². The second-order valence-electron chi connectivity index (χ2n) is 4.26. The molecule has 6 heteroatoms. The first kappa shape index (κ1) is 14.0. The highest BCUT2D eigenvalue weighted by Gasteiger charge is 2.23. The summed E-state index contributed by atoms with van der Waals surface area (Å²) in [6, 6.07) is 1.72. The number of hydrogen-bond acceptors (Lipinski definition) is 3. The number of H-pyrrole nitrogens is 1. The highest BCUT2D eigenvalue weighted by atomic mass is 35.5. The van der Waals surface area contributed by atoms with E-state index in [4.69, 9.17) is 0 Å². The number of aromatic amines is 1. The number of likely N-dealkylation sites (tertiary alicyclic amines) is 1. The number of rotatable bonds is 3. The van der Waals surface area contributed by atoms with Gasteiger partial charge >= 0.3 is 0 Å². The van der Waals surface area contributed by atoms with Gasteiger partial charge < -0.3 is 10.2 Å². The SMILES string of the molecule is CNCC1CCN(C(=O)c2ccn[nH]2)CC1.Cl. The molecule has 0 aliphatic carbocycles. The van der Waals surface area contributed by atoms with Crippen molar-refractivity contribution in [3.05, 3.63) is 18.0 Å². The summed E-state index contributed by atoms with van der Waals surface area (Å²) >= 11 is 0. The van der Waals surface area contributed by atoms with E-state index in [1.807, 2.05) is 11.9 Å². The van der Waals surface area contributed by atoms with Crippen molar-refractivity contribution in [3.63, 3.8) is 0 Å². The van der Waals surface area contributed by atoms with E-state index < -0.39 is 0 Å². The maximum Gasteiger partial charge on any atom is 0.271 e. The molecule has 0 saturated carbocycles. The Hall–Kier alpha value is -1.07. The Morgan fingerprint density at radius 2 is 2.29 bits per heavy atom. The van der Waals surface area contributed by atoms with Gasteiger partial charge in [0.05, 0.1) is 0 Å². The van der Waals surface area contributed by atoms with Gasteiger partial charge in [-0.25, -0.2) is 0 Å². The Bertz CT molecular complexity index is 333. The molecule has 1 amide bonds. The molecule has 1 aliphatic rings. The molecule has 1 fully saturated rings. The van der Waals surface area contributed by atoms with Gasteiger partial charge in [-0.3, -0.25) is 9.89 Å². The van der Waals surface area contributed by atoms with Crippen LogP contribution in [0.1, 0.15) is 23.3 Å². The molecule has 5 nitrogen and oxygen atoms in total. The van der Waals surface area contributed by atoms with Crippen molar-refractivity contribution in [1.29, 1.82) is 0 Å². The molecular formula is C11H19ClN4O. The van der Waals surface area contributed by atoms with Gasteiger partial charge in [0.2, 0.25) is 0 Å². The van der Waals surface area contributed by atoms with E-state index in [9.17, 15) is 4.79 Å². The summed E-state index contributed by atoms with van der Waals surface area (Å²) in [5.41, 5.74) is 0.590. The lowest BCUT2D eigenvalue weighted by atomic mass is 9.97. The average molecular weight is 259 g/mol. The number of nitrogens with one attached hydrogen (secondary N) is 2.